The summed E-state index contributed by atoms with van der Waals surface area (Å²) in [7, 11) is 0. The number of hydrogen-bond donors (Lipinski definition) is 2. The molecular weight excluding hydrogens is 404 g/mol. The molecule has 0 saturated heterocycles. The molecule has 4 aromatic rings. The van der Waals surface area contributed by atoms with Gasteiger partial charge in [0.2, 0.25) is 5.88 Å². The third-order valence-corrected chi connectivity index (χ3v) is 5.75. The highest BCUT2D eigenvalue weighted by Gasteiger charge is 2.35. The maximum absolute atomic E-state index is 13.0. The Balaban J connectivity index is 1.72. The molecule has 32 heavy (non-hydrogen) atoms. The van der Waals surface area contributed by atoms with Gasteiger partial charge in [0.25, 0.3) is 0 Å². The zero-order valence-electron chi connectivity index (χ0n) is 17.1. The highest BCUT2D eigenvalue weighted by atomic mass is 16.5. The molecule has 1 unspecified atom stereocenters. The van der Waals surface area contributed by atoms with E-state index in [1.54, 1.807) is 0 Å². The van der Waals surface area contributed by atoms with Crippen molar-refractivity contribution >= 4 is 11.0 Å². The van der Waals surface area contributed by atoms with Crippen LogP contribution in [-0.4, -0.2) is 5.11 Å². The van der Waals surface area contributed by atoms with E-state index >= 15 is 0 Å². The Morgan fingerprint density at radius 3 is 2.53 bits per heavy atom. The topological polar surface area (TPSA) is 109 Å². The quantitative estimate of drug-likeness (QED) is 0.454. The Labute approximate surface area is 183 Å². The van der Waals surface area contributed by atoms with Crippen molar-refractivity contribution in [2.24, 2.45) is 5.73 Å². The lowest BCUT2D eigenvalue weighted by molar-refractivity contribution is 0.387. The minimum atomic E-state index is -0.752. The van der Waals surface area contributed by atoms with Crippen LogP contribution in [0, 0.1) is 18.3 Å². The number of aryl methyl sites for hydroxylation is 1. The van der Waals surface area contributed by atoms with Gasteiger partial charge in [-0.25, -0.2) is 4.79 Å². The van der Waals surface area contributed by atoms with E-state index in [4.69, 9.17) is 14.9 Å². The summed E-state index contributed by atoms with van der Waals surface area (Å²) in [6.45, 7) is 2.04. The van der Waals surface area contributed by atoms with Crippen LogP contribution in [0.15, 0.2) is 87.4 Å². The second-order valence-electron chi connectivity index (χ2n) is 7.67. The molecule has 0 amide bonds. The van der Waals surface area contributed by atoms with E-state index in [0.29, 0.717) is 10.9 Å². The number of phenols is 1. The van der Waals surface area contributed by atoms with Gasteiger partial charge in [-0.1, -0.05) is 48.5 Å². The molecule has 2 heterocycles. The first-order chi connectivity index (χ1) is 15.5. The fourth-order valence-corrected chi connectivity index (χ4v) is 4.19. The van der Waals surface area contributed by atoms with E-state index in [0.717, 1.165) is 16.7 Å². The molecule has 0 aliphatic carbocycles. The van der Waals surface area contributed by atoms with Gasteiger partial charge in [0.05, 0.1) is 16.9 Å². The largest absolute Gasteiger partial charge is 0.508 e. The molecule has 1 aliphatic heterocycles. The van der Waals surface area contributed by atoms with Crippen LogP contribution in [0.1, 0.15) is 22.6 Å². The Bertz CT molecular complexity index is 1510. The van der Waals surface area contributed by atoms with Crippen molar-refractivity contribution in [1.82, 2.24) is 0 Å². The predicted molar refractivity (Wildman–Crippen MR) is 120 cm³/mol. The standard InChI is InChI=1S/C26H18N2O4/c1-14-4-2-3-5-18(14)15-6-8-16(9-7-15)22-20(13-27)25(28)32-24-19-12-17(29)10-11-21(19)31-26(30)23(22)24/h2-12,22,29H,28H2,1H3. The van der Waals surface area contributed by atoms with E-state index in [1.807, 2.05) is 55.5 Å². The van der Waals surface area contributed by atoms with E-state index in [1.165, 1.54) is 18.2 Å². The lowest BCUT2D eigenvalue weighted by Gasteiger charge is -2.26. The van der Waals surface area contributed by atoms with Crippen molar-refractivity contribution in [1.29, 1.82) is 5.26 Å². The van der Waals surface area contributed by atoms with Crippen molar-refractivity contribution in [2.45, 2.75) is 12.8 Å². The molecule has 0 bridgehead atoms. The smallest absolute Gasteiger partial charge is 0.344 e. The summed E-state index contributed by atoms with van der Waals surface area (Å²) < 4.78 is 11.2. The minimum absolute atomic E-state index is 0.00934. The molecule has 0 spiro atoms. The average molecular weight is 422 g/mol. The Morgan fingerprint density at radius 1 is 1.06 bits per heavy atom. The van der Waals surface area contributed by atoms with Gasteiger partial charge in [-0.3, -0.25) is 0 Å². The van der Waals surface area contributed by atoms with Crippen molar-refractivity contribution < 1.29 is 14.3 Å². The van der Waals surface area contributed by atoms with E-state index in [9.17, 15) is 15.2 Å². The molecule has 0 radical (unpaired) electrons. The van der Waals surface area contributed by atoms with Gasteiger partial charge in [0.15, 0.2) is 5.75 Å². The fourth-order valence-electron chi connectivity index (χ4n) is 4.19. The zero-order valence-corrected chi connectivity index (χ0v) is 17.1. The van der Waals surface area contributed by atoms with Crippen LogP contribution < -0.4 is 16.1 Å². The Kier molecular flexibility index (Phi) is 4.46. The molecule has 5 rings (SSSR count). The molecule has 6 nitrogen and oxygen atoms in total. The summed E-state index contributed by atoms with van der Waals surface area (Å²) in [4.78, 5) is 13.0. The number of hydrogen-bond acceptors (Lipinski definition) is 6. The maximum atomic E-state index is 13.0. The zero-order chi connectivity index (χ0) is 22.4. The van der Waals surface area contributed by atoms with Crippen LogP contribution in [0.25, 0.3) is 22.1 Å². The molecule has 3 N–H and O–H groups in total. The van der Waals surface area contributed by atoms with Gasteiger partial charge in [-0.15, -0.1) is 0 Å². The van der Waals surface area contributed by atoms with E-state index < -0.39 is 11.5 Å². The molecule has 3 aromatic carbocycles. The summed E-state index contributed by atoms with van der Waals surface area (Å²) in [6, 6.07) is 22.1. The second kappa shape index (κ2) is 7.33. The first-order valence-corrected chi connectivity index (χ1v) is 10.0. The Hall–Kier alpha value is -4.50. The summed E-state index contributed by atoms with van der Waals surface area (Å²) in [5.74, 6) is -0.651. The minimum Gasteiger partial charge on any atom is -0.508 e. The average Bonchev–Trinajstić information content (AvgIpc) is 2.79. The number of benzene rings is 3. The summed E-state index contributed by atoms with van der Waals surface area (Å²) >= 11 is 0. The van der Waals surface area contributed by atoms with Gasteiger partial charge in [0, 0.05) is 0 Å². The third kappa shape index (κ3) is 2.99. The van der Waals surface area contributed by atoms with Gasteiger partial charge >= 0.3 is 5.63 Å². The van der Waals surface area contributed by atoms with Crippen molar-refractivity contribution in [2.75, 3.05) is 0 Å². The van der Waals surface area contributed by atoms with Gasteiger partial charge in [-0.2, -0.15) is 5.26 Å². The van der Waals surface area contributed by atoms with E-state index in [-0.39, 0.29) is 34.1 Å². The summed E-state index contributed by atoms with van der Waals surface area (Å²) in [5, 5.41) is 20.1. The number of nitriles is 1. The maximum Gasteiger partial charge on any atom is 0.344 e. The van der Waals surface area contributed by atoms with E-state index in [2.05, 4.69) is 6.07 Å². The molecule has 6 heteroatoms. The van der Waals surface area contributed by atoms with Gasteiger partial charge < -0.3 is 20.0 Å². The summed E-state index contributed by atoms with van der Waals surface area (Å²) in [6.07, 6.45) is 0. The monoisotopic (exact) mass is 422 g/mol. The number of nitrogens with zero attached hydrogens (tertiary/aromatic N) is 1. The van der Waals surface area contributed by atoms with Crippen molar-refractivity contribution in [3.05, 3.63) is 105 Å². The number of fused-ring (bicyclic) bond motifs is 3. The molecule has 1 aromatic heterocycles. The number of allylic oxidation sites excluding steroid dienone is 1. The number of rotatable bonds is 2. The molecule has 1 aliphatic rings. The molecule has 0 saturated carbocycles. The van der Waals surface area contributed by atoms with Crippen LogP contribution in [0.2, 0.25) is 0 Å². The molecule has 1 atom stereocenters. The lowest BCUT2D eigenvalue weighted by Crippen LogP contribution is -2.26. The van der Waals surface area contributed by atoms with Crippen LogP contribution in [0.4, 0.5) is 0 Å². The molecular formula is C26H18N2O4. The number of nitrogens with two attached hydrogens (primary N) is 1. The van der Waals surface area contributed by atoms with Crippen molar-refractivity contribution in [3.63, 3.8) is 0 Å². The van der Waals surface area contributed by atoms with Crippen molar-refractivity contribution in [3.8, 4) is 28.7 Å². The lowest BCUT2D eigenvalue weighted by atomic mass is 9.83. The SMILES string of the molecule is Cc1ccccc1-c1ccc(C2C(C#N)=C(N)Oc3c2c(=O)oc2ccc(O)cc32)cc1. The second-order valence-corrected chi connectivity index (χ2v) is 7.67. The van der Waals surface area contributed by atoms with Gasteiger partial charge in [0.1, 0.15) is 23.0 Å². The van der Waals surface area contributed by atoms with Gasteiger partial charge in [-0.05, 0) is 47.4 Å². The molecule has 0 fully saturated rings. The highest BCUT2D eigenvalue weighted by molar-refractivity contribution is 5.87. The number of ether oxygens (including phenoxy) is 1. The van der Waals surface area contributed by atoms with Crippen LogP contribution in [0.3, 0.4) is 0 Å². The van der Waals surface area contributed by atoms with Crippen LogP contribution in [0.5, 0.6) is 11.5 Å². The number of aromatic hydroxyl groups is 1. The number of phenolic OH excluding ortho intramolecular Hbond substituents is 1. The van der Waals surface area contributed by atoms with Crippen LogP contribution >= 0.6 is 0 Å². The highest BCUT2D eigenvalue weighted by Crippen LogP contribution is 2.44. The Morgan fingerprint density at radius 2 is 1.81 bits per heavy atom. The van der Waals surface area contributed by atoms with Crippen LogP contribution in [-0.2, 0) is 0 Å². The molecule has 156 valence electrons. The first kappa shape index (κ1) is 19.5. The third-order valence-electron chi connectivity index (χ3n) is 5.75. The fraction of sp³-hybridized carbons (Fsp3) is 0.0769. The first-order valence-electron chi connectivity index (χ1n) is 10.0. The predicted octanol–water partition coefficient (Wildman–Crippen LogP) is 4.69. The summed E-state index contributed by atoms with van der Waals surface area (Å²) in [5.41, 5.74) is 10.0. The normalized spacial score (nSPS) is 15.2.